The van der Waals surface area contributed by atoms with E-state index in [1.54, 1.807) is 11.3 Å². The van der Waals surface area contributed by atoms with Crippen LogP contribution in [0, 0.1) is 0 Å². The Morgan fingerprint density at radius 2 is 1.95 bits per heavy atom. The first-order valence-corrected chi connectivity index (χ1v) is 8.92. The van der Waals surface area contributed by atoms with Crippen LogP contribution < -0.4 is 5.32 Å². The second-order valence-corrected chi connectivity index (χ2v) is 7.57. The molecule has 0 bridgehead atoms. The van der Waals surface area contributed by atoms with Crippen LogP contribution in [0.1, 0.15) is 51.5 Å². The molecule has 1 unspecified atom stereocenters. The van der Waals surface area contributed by atoms with Crippen LogP contribution in [-0.2, 0) is 12.8 Å². The predicted octanol–water partition coefficient (Wildman–Crippen LogP) is 4.88. The number of nitrogens with one attached hydrogen (secondary N) is 1. The molecule has 1 atom stereocenters. The predicted molar refractivity (Wildman–Crippen MR) is 91.0 cm³/mol. The molecule has 0 radical (unpaired) electrons. The first kappa shape index (κ1) is 14.8. The zero-order chi connectivity index (χ0) is 14.8. The van der Waals surface area contributed by atoms with Gasteiger partial charge in [-0.05, 0) is 61.9 Å². The maximum Gasteiger partial charge on any atom is 0.261 e. The van der Waals surface area contributed by atoms with Gasteiger partial charge in [-0.15, -0.1) is 11.3 Å². The van der Waals surface area contributed by atoms with E-state index in [-0.39, 0.29) is 11.9 Å². The standard InChI is InChI=1S/C17H18BrNOS/c1-11(12-6-8-14(18)9-7-12)19-17(20)16-10-13-4-2-3-5-15(13)21-16/h6-11H,2-5H2,1H3,(H,19,20). The van der Waals surface area contributed by atoms with Gasteiger partial charge in [-0.25, -0.2) is 0 Å². The van der Waals surface area contributed by atoms with Crippen molar-refractivity contribution in [3.8, 4) is 0 Å². The van der Waals surface area contributed by atoms with Gasteiger partial charge in [0.15, 0.2) is 0 Å². The first-order chi connectivity index (χ1) is 10.1. The number of carbonyl (C=O) groups is 1. The van der Waals surface area contributed by atoms with Gasteiger partial charge >= 0.3 is 0 Å². The largest absolute Gasteiger partial charge is 0.345 e. The molecular weight excluding hydrogens is 346 g/mol. The summed E-state index contributed by atoms with van der Waals surface area (Å²) in [6, 6.07) is 10.2. The Labute approximate surface area is 137 Å². The zero-order valence-electron chi connectivity index (χ0n) is 12.0. The molecule has 0 saturated heterocycles. The van der Waals surface area contributed by atoms with Gasteiger partial charge in [-0.2, -0.15) is 0 Å². The Kier molecular flexibility index (Phi) is 4.45. The third-order valence-corrected chi connectivity index (χ3v) is 5.70. The highest BCUT2D eigenvalue weighted by Gasteiger charge is 2.18. The van der Waals surface area contributed by atoms with E-state index in [4.69, 9.17) is 0 Å². The van der Waals surface area contributed by atoms with E-state index in [1.165, 1.54) is 23.3 Å². The minimum absolute atomic E-state index is 0.0183. The van der Waals surface area contributed by atoms with E-state index in [2.05, 4.69) is 27.3 Å². The van der Waals surface area contributed by atoms with Crippen LogP contribution in [0.2, 0.25) is 0 Å². The molecule has 1 N–H and O–H groups in total. The molecule has 0 aliphatic heterocycles. The lowest BCUT2D eigenvalue weighted by molar-refractivity contribution is 0.0944. The molecule has 3 rings (SSSR count). The van der Waals surface area contributed by atoms with E-state index in [9.17, 15) is 4.79 Å². The van der Waals surface area contributed by atoms with E-state index in [0.717, 1.165) is 27.8 Å². The maximum absolute atomic E-state index is 12.4. The molecule has 1 heterocycles. The fourth-order valence-corrected chi connectivity index (χ4v) is 4.13. The summed E-state index contributed by atoms with van der Waals surface area (Å²) in [5, 5.41) is 3.10. The molecule has 1 aliphatic carbocycles. The second-order valence-electron chi connectivity index (χ2n) is 5.51. The van der Waals surface area contributed by atoms with E-state index in [0.29, 0.717) is 0 Å². The number of halogens is 1. The number of rotatable bonds is 3. The normalized spacial score (nSPS) is 15.3. The van der Waals surface area contributed by atoms with E-state index >= 15 is 0 Å². The minimum Gasteiger partial charge on any atom is -0.345 e. The SMILES string of the molecule is CC(NC(=O)c1cc2c(s1)CCCC2)c1ccc(Br)cc1. The molecule has 0 fully saturated rings. The van der Waals surface area contributed by atoms with Gasteiger partial charge in [-0.1, -0.05) is 28.1 Å². The number of hydrogen-bond acceptors (Lipinski definition) is 2. The molecule has 0 spiro atoms. The van der Waals surface area contributed by atoms with Crippen molar-refractivity contribution in [2.45, 2.75) is 38.6 Å². The minimum atomic E-state index is 0.0183. The van der Waals surface area contributed by atoms with Crippen molar-refractivity contribution in [2.24, 2.45) is 0 Å². The first-order valence-electron chi connectivity index (χ1n) is 7.31. The smallest absolute Gasteiger partial charge is 0.261 e. The molecule has 2 nitrogen and oxygen atoms in total. The Balaban J connectivity index is 1.70. The van der Waals surface area contributed by atoms with Crippen LogP contribution in [0.25, 0.3) is 0 Å². The number of aryl methyl sites for hydroxylation is 2. The number of hydrogen-bond donors (Lipinski definition) is 1. The molecule has 4 heteroatoms. The van der Waals surface area contributed by atoms with Crippen LogP contribution in [0.4, 0.5) is 0 Å². The second kappa shape index (κ2) is 6.32. The summed E-state index contributed by atoms with van der Waals surface area (Å²) in [7, 11) is 0. The average molecular weight is 364 g/mol. The number of carbonyl (C=O) groups excluding carboxylic acids is 1. The van der Waals surface area contributed by atoms with Crippen molar-refractivity contribution >= 4 is 33.2 Å². The van der Waals surface area contributed by atoms with Gasteiger partial charge < -0.3 is 5.32 Å². The molecule has 1 aromatic heterocycles. The van der Waals surface area contributed by atoms with Crippen molar-refractivity contribution in [1.29, 1.82) is 0 Å². The Morgan fingerprint density at radius 3 is 2.67 bits per heavy atom. The summed E-state index contributed by atoms with van der Waals surface area (Å²) < 4.78 is 1.05. The highest BCUT2D eigenvalue weighted by molar-refractivity contribution is 9.10. The molecule has 0 saturated carbocycles. The number of amides is 1. The Bertz CT molecular complexity index is 624. The highest BCUT2D eigenvalue weighted by Crippen LogP contribution is 2.30. The Hall–Kier alpha value is -1.13. The lowest BCUT2D eigenvalue weighted by atomic mass is 9.99. The van der Waals surface area contributed by atoms with Gasteiger partial charge in [0.2, 0.25) is 0 Å². The maximum atomic E-state index is 12.4. The Morgan fingerprint density at radius 1 is 1.24 bits per heavy atom. The van der Waals surface area contributed by atoms with Crippen molar-refractivity contribution in [2.75, 3.05) is 0 Å². The van der Waals surface area contributed by atoms with Gasteiger partial charge in [-0.3, -0.25) is 4.79 Å². The molecule has 2 aromatic rings. The summed E-state index contributed by atoms with van der Waals surface area (Å²) >= 11 is 5.09. The summed E-state index contributed by atoms with van der Waals surface area (Å²) in [6.45, 7) is 2.02. The molecule has 21 heavy (non-hydrogen) atoms. The molecule has 1 aromatic carbocycles. The summed E-state index contributed by atoms with van der Waals surface area (Å²) in [4.78, 5) is 14.7. The third kappa shape index (κ3) is 3.38. The number of thiophene rings is 1. The summed E-state index contributed by atoms with van der Waals surface area (Å²) in [6.07, 6.45) is 4.76. The average Bonchev–Trinajstić information content (AvgIpc) is 2.92. The van der Waals surface area contributed by atoms with Crippen LogP contribution >= 0.6 is 27.3 Å². The van der Waals surface area contributed by atoms with Gasteiger partial charge in [0.1, 0.15) is 0 Å². The van der Waals surface area contributed by atoms with Crippen molar-refractivity contribution in [3.05, 3.63) is 55.7 Å². The van der Waals surface area contributed by atoms with Crippen molar-refractivity contribution < 1.29 is 4.79 Å². The number of benzene rings is 1. The van der Waals surface area contributed by atoms with Crippen LogP contribution in [-0.4, -0.2) is 5.91 Å². The highest BCUT2D eigenvalue weighted by atomic mass is 79.9. The monoisotopic (exact) mass is 363 g/mol. The quantitative estimate of drug-likeness (QED) is 0.826. The van der Waals surface area contributed by atoms with Gasteiger partial charge in [0.25, 0.3) is 5.91 Å². The topological polar surface area (TPSA) is 29.1 Å². The molecule has 110 valence electrons. The lowest BCUT2D eigenvalue weighted by Gasteiger charge is -2.13. The molecular formula is C17H18BrNOS. The van der Waals surface area contributed by atoms with Gasteiger partial charge in [0, 0.05) is 9.35 Å². The molecule has 1 amide bonds. The molecule has 1 aliphatic rings. The van der Waals surface area contributed by atoms with Crippen LogP contribution in [0.5, 0.6) is 0 Å². The van der Waals surface area contributed by atoms with Gasteiger partial charge in [0.05, 0.1) is 10.9 Å². The van der Waals surface area contributed by atoms with Crippen LogP contribution in [0.3, 0.4) is 0 Å². The fourth-order valence-electron chi connectivity index (χ4n) is 2.71. The number of fused-ring (bicyclic) bond motifs is 1. The zero-order valence-corrected chi connectivity index (χ0v) is 14.4. The summed E-state index contributed by atoms with van der Waals surface area (Å²) in [5.74, 6) is 0.0461. The van der Waals surface area contributed by atoms with E-state index < -0.39 is 0 Å². The summed E-state index contributed by atoms with van der Waals surface area (Å²) in [5.41, 5.74) is 2.50. The van der Waals surface area contributed by atoms with Crippen LogP contribution in [0.15, 0.2) is 34.8 Å². The fraction of sp³-hybridized carbons (Fsp3) is 0.353. The lowest BCUT2D eigenvalue weighted by Crippen LogP contribution is -2.25. The third-order valence-electron chi connectivity index (χ3n) is 3.94. The van der Waals surface area contributed by atoms with E-state index in [1.807, 2.05) is 31.2 Å². The van der Waals surface area contributed by atoms with Crippen molar-refractivity contribution in [1.82, 2.24) is 5.32 Å². The van der Waals surface area contributed by atoms with Crippen molar-refractivity contribution in [3.63, 3.8) is 0 Å².